The second-order valence-corrected chi connectivity index (χ2v) is 2.94. The van der Waals surface area contributed by atoms with Crippen LogP contribution in [0.3, 0.4) is 0 Å². The lowest BCUT2D eigenvalue weighted by molar-refractivity contribution is -0.149. The molecule has 0 bridgehead atoms. The van der Waals surface area contributed by atoms with Crippen LogP contribution in [0.15, 0.2) is 0 Å². The lowest BCUT2D eigenvalue weighted by atomic mass is 10.1. The second-order valence-electron chi connectivity index (χ2n) is 2.94. The van der Waals surface area contributed by atoms with Gasteiger partial charge in [0.2, 0.25) is 0 Å². The Morgan fingerprint density at radius 3 is 2.64 bits per heavy atom. The van der Waals surface area contributed by atoms with Gasteiger partial charge in [0, 0.05) is 6.04 Å². The molecule has 0 amide bonds. The molecule has 4 nitrogen and oxygen atoms in total. The van der Waals surface area contributed by atoms with Crippen molar-refractivity contribution in [2.24, 2.45) is 5.73 Å². The van der Waals surface area contributed by atoms with Crippen LogP contribution in [0.4, 0.5) is 0 Å². The molecule has 1 rings (SSSR count). The number of carboxylic acid groups (broad SMARTS) is 1. The van der Waals surface area contributed by atoms with E-state index in [0.29, 0.717) is 6.42 Å². The summed E-state index contributed by atoms with van der Waals surface area (Å²) in [6, 6.07) is -0.0700. The van der Waals surface area contributed by atoms with E-state index >= 15 is 0 Å². The zero-order valence-electron chi connectivity index (χ0n) is 6.49. The minimum absolute atomic E-state index is 0.0700. The first kappa shape index (κ1) is 8.49. The highest BCUT2D eigenvalue weighted by Crippen LogP contribution is 2.21. The molecule has 64 valence electrons. The Bertz CT molecular complexity index is 158. The lowest BCUT2D eigenvalue weighted by Crippen LogP contribution is -2.32. The number of rotatable bonds is 2. The summed E-state index contributed by atoms with van der Waals surface area (Å²) in [6.45, 7) is 1.83. The summed E-state index contributed by atoms with van der Waals surface area (Å²) in [4.78, 5) is 10.4. The molecule has 11 heavy (non-hydrogen) atoms. The predicted octanol–water partition coefficient (Wildman–Crippen LogP) is -0.0342. The van der Waals surface area contributed by atoms with Gasteiger partial charge in [-0.1, -0.05) is 0 Å². The predicted molar refractivity (Wildman–Crippen MR) is 39.2 cm³/mol. The lowest BCUT2D eigenvalue weighted by Gasteiger charge is -2.13. The summed E-state index contributed by atoms with van der Waals surface area (Å²) in [5.74, 6) is -0.881. The summed E-state index contributed by atoms with van der Waals surface area (Å²) in [5, 5.41) is 8.55. The molecule has 0 aromatic heterocycles. The fourth-order valence-electron chi connectivity index (χ4n) is 1.23. The summed E-state index contributed by atoms with van der Waals surface area (Å²) >= 11 is 0. The normalized spacial score (nSPS) is 33.6. The molecule has 1 heterocycles. The minimum Gasteiger partial charge on any atom is -0.479 e. The molecule has 0 unspecified atom stereocenters. The largest absolute Gasteiger partial charge is 0.479 e. The molecule has 3 N–H and O–H groups in total. The molecule has 0 radical (unpaired) electrons. The zero-order chi connectivity index (χ0) is 8.43. The first-order chi connectivity index (χ1) is 5.11. The topological polar surface area (TPSA) is 72.6 Å². The Hall–Kier alpha value is -0.610. The summed E-state index contributed by atoms with van der Waals surface area (Å²) in [5.41, 5.74) is 5.54. The van der Waals surface area contributed by atoms with Crippen molar-refractivity contribution in [3.63, 3.8) is 0 Å². The number of hydrogen-bond acceptors (Lipinski definition) is 3. The van der Waals surface area contributed by atoms with Crippen LogP contribution in [0.5, 0.6) is 0 Å². The molecule has 4 heteroatoms. The maximum Gasteiger partial charge on any atom is 0.332 e. The Morgan fingerprint density at radius 1 is 1.73 bits per heavy atom. The zero-order valence-corrected chi connectivity index (χ0v) is 6.49. The van der Waals surface area contributed by atoms with Crippen LogP contribution in [0.1, 0.15) is 19.8 Å². The van der Waals surface area contributed by atoms with Gasteiger partial charge in [0.15, 0.2) is 6.10 Å². The number of hydrogen-bond donors (Lipinski definition) is 2. The van der Waals surface area contributed by atoms with Crippen LogP contribution in [0.2, 0.25) is 0 Å². The van der Waals surface area contributed by atoms with Crippen molar-refractivity contribution in [3.8, 4) is 0 Å². The summed E-state index contributed by atoms with van der Waals surface area (Å²) < 4.78 is 5.16. The first-order valence-electron chi connectivity index (χ1n) is 3.75. The maximum atomic E-state index is 10.4. The van der Waals surface area contributed by atoms with Crippen molar-refractivity contribution in [3.05, 3.63) is 0 Å². The highest BCUT2D eigenvalue weighted by atomic mass is 16.5. The average molecular weight is 159 g/mol. The van der Waals surface area contributed by atoms with E-state index in [0.717, 1.165) is 6.42 Å². The van der Waals surface area contributed by atoms with Gasteiger partial charge in [-0.3, -0.25) is 0 Å². The van der Waals surface area contributed by atoms with Gasteiger partial charge in [-0.2, -0.15) is 0 Å². The smallest absolute Gasteiger partial charge is 0.332 e. The first-order valence-corrected chi connectivity index (χ1v) is 3.75. The molecule has 0 aromatic carbocycles. The van der Waals surface area contributed by atoms with Crippen LogP contribution in [-0.2, 0) is 9.53 Å². The molecular weight excluding hydrogens is 146 g/mol. The fourth-order valence-corrected chi connectivity index (χ4v) is 1.23. The summed E-state index contributed by atoms with van der Waals surface area (Å²) in [7, 11) is 0. The van der Waals surface area contributed by atoms with E-state index in [-0.39, 0.29) is 12.1 Å². The third kappa shape index (κ3) is 1.91. The number of carboxylic acids is 1. The molecule has 0 saturated carbocycles. The van der Waals surface area contributed by atoms with Gasteiger partial charge in [-0.25, -0.2) is 4.79 Å². The van der Waals surface area contributed by atoms with Gasteiger partial charge >= 0.3 is 5.97 Å². The quantitative estimate of drug-likeness (QED) is 0.593. The standard InChI is InChI=1S/C7H13NO3/c1-4(8)5-2-3-6(11-5)7(9)10/h4-6H,2-3,8H2,1H3,(H,9,10)/t4-,5+,6+/m0/s1. The van der Waals surface area contributed by atoms with Gasteiger partial charge in [0.05, 0.1) is 6.10 Å². The van der Waals surface area contributed by atoms with E-state index in [1.54, 1.807) is 0 Å². The van der Waals surface area contributed by atoms with Gasteiger partial charge in [-0.15, -0.1) is 0 Å². The van der Waals surface area contributed by atoms with Crippen LogP contribution in [-0.4, -0.2) is 29.3 Å². The number of nitrogens with two attached hydrogens (primary N) is 1. The Morgan fingerprint density at radius 2 is 2.36 bits per heavy atom. The van der Waals surface area contributed by atoms with Crippen LogP contribution in [0.25, 0.3) is 0 Å². The highest BCUT2D eigenvalue weighted by molar-refractivity contribution is 5.72. The third-order valence-corrected chi connectivity index (χ3v) is 1.91. The van der Waals surface area contributed by atoms with Crippen molar-refractivity contribution >= 4 is 5.97 Å². The monoisotopic (exact) mass is 159 g/mol. The van der Waals surface area contributed by atoms with Crippen molar-refractivity contribution in [2.75, 3.05) is 0 Å². The van der Waals surface area contributed by atoms with Crippen LogP contribution in [0, 0.1) is 0 Å². The maximum absolute atomic E-state index is 10.4. The number of ether oxygens (including phenoxy) is 1. The van der Waals surface area contributed by atoms with Crippen molar-refractivity contribution in [1.29, 1.82) is 0 Å². The van der Waals surface area contributed by atoms with E-state index in [9.17, 15) is 4.79 Å². The van der Waals surface area contributed by atoms with Gasteiger partial charge in [-0.05, 0) is 19.8 Å². The summed E-state index contributed by atoms with van der Waals surface area (Å²) in [6.07, 6.45) is 0.637. The van der Waals surface area contributed by atoms with E-state index in [1.807, 2.05) is 6.92 Å². The number of carbonyl (C=O) groups is 1. The molecule has 1 aliphatic heterocycles. The second kappa shape index (κ2) is 3.19. The van der Waals surface area contributed by atoms with E-state index in [4.69, 9.17) is 15.6 Å². The van der Waals surface area contributed by atoms with Gasteiger partial charge in [0.25, 0.3) is 0 Å². The Balaban J connectivity index is 2.41. The van der Waals surface area contributed by atoms with E-state index < -0.39 is 12.1 Å². The Kier molecular flexibility index (Phi) is 2.46. The van der Waals surface area contributed by atoms with E-state index in [2.05, 4.69) is 0 Å². The number of aliphatic carboxylic acids is 1. The van der Waals surface area contributed by atoms with E-state index in [1.165, 1.54) is 0 Å². The SMILES string of the molecule is C[C@H](N)[C@H]1CC[C@H](C(=O)O)O1. The van der Waals surface area contributed by atoms with Gasteiger partial charge < -0.3 is 15.6 Å². The molecule has 3 atom stereocenters. The minimum atomic E-state index is -0.881. The molecule has 1 aliphatic rings. The molecule has 0 spiro atoms. The third-order valence-electron chi connectivity index (χ3n) is 1.91. The highest BCUT2D eigenvalue weighted by Gasteiger charge is 2.31. The molecule has 1 fully saturated rings. The van der Waals surface area contributed by atoms with Gasteiger partial charge in [0.1, 0.15) is 0 Å². The van der Waals surface area contributed by atoms with Crippen LogP contribution >= 0.6 is 0 Å². The molecule has 0 aromatic rings. The van der Waals surface area contributed by atoms with Crippen molar-refractivity contribution in [1.82, 2.24) is 0 Å². The fraction of sp³-hybridized carbons (Fsp3) is 0.857. The molecule has 0 aliphatic carbocycles. The molecule has 1 saturated heterocycles. The average Bonchev–Trinajstić information content (AvgIpc) is 2.33. The van der Waals surface area contributed by atoms with Crippen LogP contribution < -0.4 is 5.73 Å². The Labute approximate surface area is 65.3 Å². The van der Waals surface area contributed by atoms with Crippen molar-refractivity contribution < 1.29 is 14.6 Å². The van der Waals surface area contributed by atoms with Crippen molar-refractivity contribution in [2.45, 2.75) is 38.0 Å². The molecular formula is C7H13NO3.